The summed E-state index contributed by atoms with van der Waals surface area (Å²) in [6, 6.07) is 9.21. The predicted molar refractivity (Wildman–Crippen MR) is 145 cm³/mol. The Labute approximate surface area is 246 Å². The molecule has 44 heavy (non-hydrogen) atoms. The molecule has 3 heterocycles. The number of carbonyl (C=O) groups excluding carboxylic acids is 2. The van der Waals surface area contributed by atoms with Crippen molar-refractivity contribution in [1.82, 2.24) is 9.55 Å². The molecular weight excluding hydrogens is 593 g/mol. The molecule has 2 aliphatic rings. The van der Waals surface area contributed by atoms with E-state index in [4.69, 9.17) is 18.9 Å². The maximum Gasteiger partial charge on any atom is 0.471 e. The van der Waals surface area contributed by atoms with E-state index in [0.29, 0.717) is 10.5 Å². The maximum absolute atomic E-state index is 14.3. The number of hydrogen-bond donors (Lipinski definition) is 0. The topological polar surface area (TPSA) is 92.1 Å². The number of halogens is 5. The van der Waals surface area contributed by atoms with E-state index < -0.39 is 47.9 Å². The lowest BCUT2D eigenvalue weighted by atomic mass is 10.0. The van der Waals surface area contributed by atoms with Gasteiger partial charge in [-0.2, -0.15) is 18.2 Å². The van der Waals surface area contributed by atoms with Gasteiger partial charge in [-0.05, 0) is 32.0 Å². The normalized spacial score (nSPS) is 18.8. The fraction of sp³-hybridized carbons (Fsp3) is 0.300. The molecule has 9 nitrogen and oxygen atoms in total. The fourth-order valence-electron chi connectivity index (χ4n) is 5.55. The number of aromatic nitrogens is 2. The zero-order valence-electron chi connectivity index (χ0n) is 23.4. The lowest BCUT2D eigenvalue weighted by molar-refractivity contribution is -0.171. The number of anilines is 1. The number of hydrogen-bond acceptors (Lipinski definition) is 7. The fourth-order valence-corrected chi connectivity index (χ4v) is 5.55. The minimum atomic E-state index is -5.25. The molecule has 0 saturated heterocycles. The van der Waals surface area contributed by atoms with Crippen LogP contribution in [-0.4, -0.2) is 46.9 Å². The van der Waals surface area contributed by atoms with Crippen LogP contribution in [0.5, 0.6) is 17.5 Å². The van der Waals surface area contributed by atoms with Crippen LogP contribution in [0.15, 0.2) is 48.5 Å². The summed E-state index contributed by atoms with van der Waals surface area (Å²) in [4.78, 5) is 29.4. The number of carbonyl (C=O) groups is 2. The highest BCUT2D eigenvalue weighted by Gasteiger charge is 2.48. The van der Waals surface area contributed by atoms with E-state index >= 15 is 0 Å². The van der Waals surface area contributed by atoms with E-state index in [-0.39, 0.29) is 58.7 Å². The van der Waals surface area contributed by atoms with Gasteiger partial charge in [0.15, 0.2) is 17.7 Å². The van der Waals surface area contributed by atoms with E-state index in [1.165, 1.54) is 41.8 Å². The number of rotatable bonds is 6. The second-order valence-electron chi connectivity index (χ2n) is 10.2. The van der Waals surface area contributed by atoms with Crippen molar-refractivity contribution in [2.75, 3.05) is 18.1 Å². The van der Waals surface area contributed by atoms with Crippen molar-refractivity contribution in [3.05, 3.63) is 71.3 Å². The molecular formula is C30H24F5N3O6. The van der Waals surface area contributed by atoms with Crippen molar-refractivity contribution in [2.24, 2.45) is 0 Å². The van der Waals surface area contributed by atoms with Gasteiger partial charge in [-0.15, -0.1) is 0 Å². The number of benzene rings is 3. The van der Waals surface area contributed by atoms with Gasteiger partial charge < -0.3 is 18.9 Å². The third kappa shape index (κ3) is 4.83. The highest BCUT2D eigenvalue weighted by Crippen LogP contribution is 2.47. The van der Waals surface area contributed by atoms with Crippen LogP contribution in [0.3, 0.4) is 0 Å². The SMILES string of the molecule is CCOc1nc2cc(F)c(F)cc2n1-c1cccc2c1OC[C@H]2N(C(=O)C(F)(F)F)c1ccc2c(c1)OC(C)[C@H]2OC(C)=O. The van der Waals surface area contributed by atoms with E-state index in [1.54, 1.807) is 19.9 Å². The first-order valence-electron chi connectivity index (χ1n) is 13.5. The molecule has 3 atom stereocenters. The van der Waals surface area contributed by atoms with Crippen molar-refractivity contribution < 1.29 is 50.5 Å². The Bertz CT molecular complexity index is 1810. The molecule has 1 amide bonds. The Morgan fingerprint density at radius 3 is 2.55 bits per heavy atom. The summed E-state index contributed by atoms with van der Waals surface area (Å²) in [6.45, 7) is 4.34. The van der Waals surface area contributed by atoms with E-state index in [2.05, 4.69) is 4.98 Å². The lowest BCUT2D eigenvalue weighted by Crippen LogP contribution is -2.44. The van der Waals surface area contributed by atoms with Crippen LogP contribution in [0.1, 0.15) is 44.0 Å². The van der Waals surface area contributed by atoms with Crippen molar-refractivity contribution in [1.29, 1.82) is 0 Å². The monoisotopic (exact) mass is 617 g/mol. The molecule has 1 unspecified atom stereocenters. The van der Waals surface area contributed by atoms with Gasteiger partial charge in [0.1, 0.15) is 24.2 Å². The van der Waals surface area contributed by atoms with Crippen molar-refractivity contribution in [3.63, 3.8) is 0 Å². The van der Waals surface area contributed by atoms with Gasteiger partial charge in [-0.25, -0.2) is 8.78 Å². The quantitative estimate of drug-likeness (QED) is 0.190. The molecule has 0 radical (unpaired) electrons. The number of imidazole rings is 1. The van der Waals surface area contributed by atoms with Gasteiger partial charge in [0, 0.05) is 41.9 Å². The number of alkyl halides is 3. The van der Waals surface area contributed by atoms with Crippen LogP contribution < -0.4 is 19.1 Å². The second-order valence-corrected chi connectivity index (χ2v) is 10.2. The van der Waals surface area contributed by atoms with Crippen LogP contribution in [0.4, 0.5) is 27.6 Å². The predicted octanol–water partition coefficient (Wildman–Crippen LogP) is 6.12. The molecule has 2 aliphatic heterocycles. The summed E-state index contributed by atoms with van der Waals surface area (Å²) in [6.07, 6.45) is -6.64. The summed E-state index contributed by atoms with van der Waals surface area (Å²) < 4.78 is 94.4. The molecule has 0 aliphatic carbocycles. The van der Waals surface area contributed by atoms with E-state index in [1.807, 2.05) is 0 Å². The third-order valence-corrected chi connectivity index (χ3v) is 7.34. The third-order valence-electron chi connectivity index (χ3n) is 7.34. The number of esters is 1. The van der Waals surface area contributed by atoms with E-state index in [0.717, 1.165) is 12.1 Å². The van der Waals surface area contributed by atoms with Crippen LogP contribution in [0.25, 0.3) is 16.7 Å². The minimum absolute atomic E-state index is 0.0246. The first-order chi connectivity index (χ1) is 20.9. The molecule has 14 heteroatoms. The minimum Gasteiger partial charge on any atom is -0.488 e. The molecule has 0 fully saturated rings. The van der Waals surface area contributed by atoms with Gasteiger partial charge in [0.2, 0.25) is 0 Å². The van der Waals surface area contributed by atoms with Gasteiger partial charge in [-0.1, -0.05) is 12.1 Å². The first kappa shape index (κ1) is 29.2. The number of amides is 1. The average Bonchev–Trinajstić information content (AvgIpc) is 3.62. The Kier molecular flexibility index (Phi) is 7.09. The first-order valence-corrected chi connectivity index (χ1v) is 13.5. The van der Waals surface area contributed by atoms with Crippen LogP contribution in [0.2, 0.25) is 0 Å². The van der Waals surface area contributed by atoms with Gasteiger partial charge in [-0.3, -0.25) is 19.1 Å². The second kappa shape index (κ2) is 10.7. The van der Waals surface area contributed by atoms with Crippen LogP contribution in [-0.2, 0) is 14.3 Å². The van der Waals surface area contributed by atoms with Crippen molar-refractivity contribution >= 4 is 28.6 Å². The zero-order valence-corrected chi connectivity index (χ0v) is 23.4. The molecule has 230 valence electrons. The zero-order chi connectivity index (χ0) is 31.5. The molecule has 0 saturated carbocycles. The van der Waals surface area contributed by atoms with Crippen LogP contribution >= 0.6 is 0 Å². The molecule has 0 spiro atoms. The Balaban J connectivity index is 1.47. The molecule has 0 N–H and O–H groups in total. The number of ether oxygens (including phenoxy) is 4. The highest BCUT2D eigenvalue weighted by molar-refractivity contribution is 5.98. The average molecular weight is 618 g/mol. The lowest BCUT2D eigenvalue weighted by Gasteiger charge is -2.29. The summed E-state index contributed by atoms with van der Waals surface area (Å²) in [5.41, 5.74) is 0.974. The summed E-state index contributed by atoms with van der Waals surface area (Å²) in [5, 5.41) is 0. The standard InChI is InChI=1S/C30H24F5N3O6/c1-4-41-29-36-21-11-19(31)20(32)12-23(21)38(29)22-7-5-6-17-24(13-42-27(17)22)37(28(40)30(33,34)35)16-8-9-18-25(10-16)43-14(2)26(18)44-15(3)39/h5-12,14,24,26H,4,13H2,1-3H3/t14?,24-,26-/m1/s1. The number of fused-ring (bicyclic) bond motifs is 3. The van der Waals surface area contributed by atoms with Gasteiger partial charge in [0.05, 0.1) is 29.4 Å². The Hall–Kier alpha value is -4.88. The molecule has 0 bridgehead atoms. The van der Waals surface area contributed by atoms with Crippen LogP contribution in [0, 0.1) is 11.6 Å². The summed E-state index contributed by atoms with van der Waals surface area (Å²) in [7, 11) is 0. The number of para-hydroxylation sites is 1. The maximum atomic E-state index is 14.3. The Morgan fingerprint density at radius 1 is 1.09 bits per heavy atom. The van der Waals surface area contributed by atoms with Gasteiger partial charge >= 0.3 is 24.1 Å². The van der Waals surface area contributed by atoms with Gasteiger partial charge in [0.25, 0.3) is 0 Å². The largest absolute Gasteiger partial charge is 0.488 e. The Morgan fingerprint density at radius 2 is 1.84 bits per heavy atom. The van der Waals surface area contributed by atoms with Crippen molar-refractivity contribution in [3.8, 4) is 23.2 Å². The molecule has 3 aromatic carbocycles. The van der Waals surface area contributed by atoms with Crippen molar-refractivity contribution in [2.45, 2.75) is 45.2 Å². The smallest absolute Gasteiger partial charge is 0.471 e. The van der Waals surface area contributed by atoms with E-state index in [9.17, 15) is 31.5 Å². The summed E-state index contributed by atoms with van der Waals surface area (Å²) >= 11 is 0. The molecule has 4 aromatic rings. The number of nitrogens with zero attached hydrogens (tertiary/aromatic N) is 3. The molecule has 1 aromatic heterocycles. The molecule has 6 rings (SSSR count). The highest BCUT2D eigenvalue weighted by atomic mass is 19.4. The summed E-state index contributed by atoms with van der Waals surface area (Å²) in [5.74, 6) is -4.70.